The Kier molecular flexibility index (Phi) is 3.16. The molecule has 0 aliphatic heterocycles. The van der Waals surface area contributed by atoms with Crippen LogP contribution in [0, 0.1) is 5.82 Å². The predicted octanol–water partition coefficient (Wildman–Crippen LogP) is 4.40. The molecule has 0 radical (unpaired) electrons. The lowest BCUT2D eigenvalue weighted by atomic mass is 10.2. The zero-order valence-electron chi connectivity index (χ0n) is 10.3. The lowest BCUT2D eigenvalue weighted by Crippen LogP contribution is -1.96. The van der Waals surface area contributed by atoms with Crippen molar-refractivity contribution in [2.45, 2.75) is 0 Å². The van der Waals surface area contributed by atoms with Crippen molar-refractivity contribution in [3.8, 4) is 11.5 Å². The van der Waals surface area contributed by atoms with E-state index in [0.29, 0.717) is 16.8 Å². The van der Waals surface area contributed by atoms with Gasteiger partial charge >= 0.3 is 0 Å². The predicted molar refractivity (Wildman–Crippen MR) is 77.6 cm³/mol. The number of nitrogens with two attached hydrogens (primary N) is 1. The summed E-state index contributed by atoms with van der Waals surface area (Å²) < 4.78 is 19.5. The van der Waals surface area contributed by atoms with Crippen LogP contribution in [0.5, 0.6) is 11.5 Å². The molecule has 3 aromatic rings. The Hall–Kier alpha value is -2.33. The first-order chi connectivity index (χ1) is 9.66. The average Bonchev–Trinajstić information content (AvgIpc) is 2.46. The van der Waals surface area contributed by atoms with Gasteiger partial charge in [0.1, 0.15) is 0 Å². The van der Waals surface area contributed by atoms with Crippen molar-refractivity contribution < 1.29 is 9.13 Å². The second-order valence-corrected chi connectivity index (χ2v) is 4.62. The summed E-state index contributed by atoms with van der Waals surface area (Å²) >= 11 is 5.74. The normalized spacial score (nSPS) is 10.7. The summed E-state index contributed by atoms with van der Waals surface area (Å²) in [4.78, 5) is 4.20. The van der Waals surface area contributed by atoms with Crippen LogP contribution in [0.1, 0.15) is 0 Å². The number of hydrogen-bond acceptors (Lipinski definition) is 3. The monoisotopic (exact) mass is 288 g/mol. The minimum Gasteiger partial charge on any atom is -0.451 e. The molecule has 0 spiro atoms. The number of rotatable bonds is 2. The maximum Gasteiger partial charge on any atom is 0.184 e. The number of fused-ring (bicyclic) bond motifs is 1. The first kappa shape index (κ1) is 12.7. The first-order valence-electron chi connectivity index (χ1n) is 5.92. The largest absolute Gasteiger partial charge is 0.451 e. The Morgan fingerprint density at radius 1 is 1.10 bits per heavy atom. The maximum absolute atomic E-state index is 13.9. The number of para-hydroxylation sites is 1. The molecular weight excluding hydrogens is 279 g/mol. The minimum absolute atomic E-state index is 0.000525. The fourth-order valence-electron chi connectivity index (χ4n) is 1.92. The van der Waals surface area contributed by atoms with Gasteiger partial charge in [-0.3, -0.25) is 4.98 Å². The van der Waals surface area contributed by atoms with E-state index in [4.69, 9.17) is 22.1 Å². The van der Waals surface area contributed by atoms with E-state index in [9.17, 15) is 4.39 Å². The molecule has 2 N–H and O–H groups in total. The third kappa shape index (κ3) is 2.14. The number of nitrogen functional groups attached to an aromatic ring is 1. The summed E-state index contributed by atoms with van der Waals surface area (Å²) in [6.45, 7) is 0. The van der Waals surface area contributed by atoms with Gasteiger partial charge in [0.05, 0.1) is 22.4 Å². The van der Waals surface area contributed by atoms with Crippen LogP contribution >= 0.6 is 11.6 Å². The van der Waals surface area contributed by atoms with Gasteiger partial charge in [-0.25, -0.2) is 4.39 Å². The van der Waals surface area contributed by atoms with Gasteiger partial charge in [-0.05, 0) is 24.3 Å². The average molecular weight is 289 g/mol. The molecule has 0 fully saturated rings. The van der Waals surface area contributed by atoms with Crippen molar-refractivity contribution in [3.05, 3.63) is 59.5 Å². The van der Waals surface area contributed by atoms with Crippen LogP contribution in [0.4, 0.5) is 10.1 Å². The van der Waals surface area contributed by atoms with Crippen molar-refractivity contribution in [2.75, 3.05) is 5.73 Å². The number of anilines is 1. The number of pyridine rings is 1. The Labute approximate surface area is 119 Å². The van der Waals surface area contributed by atoms with Crippen molar-refractivity contribution in [2.24, 2.45) is 0 Å². The Morgan fingerprint density at radius 2 is 1.90 bits per heavy atom. The van der Waals surface area contributed by atoms with E-state index in [1.807, 2.05) is 24.3 Å². The standard InChI is InChI=1S/C15H10ClFN2O/c16-10-5-3-7-13(14(10)17)20-15-9-4-1-2-6-12(9)19-8-11(15)18/h1-8H,18H2. The quantitative estimate of drug-likeness (QED) is 0.760. The zero-order chi connectivity index (χ0) is 14.1. The van der Waals surface area contributed by atoms with Crippen LogP contribution in [-0.4, -0.2) is 4.98 Å². The van der Waals surface area contributed by atoms with Gasteiger partial charge in [0.25, 0.3) is 0 Å². The molecule has 0 aliphatic carbocycles. The van der Waals surface area contributed by atoms with Crippen LogP contribution in [0.25, 0.3) is 10.9 Å². The van der Waals surface area contributed by atoms with E-state index in [2.05, 4.69) is 4.98 Å². The molecule has 100 valence electrons. The highest BCUT2D eigenvalue weighted by molar-refractivity contribution is 6.30. The lowest BCUT2D eigenvalue weighted by molar-refractivity contribution is 0.448. The second-order valence-electron chi connectivity index (χ2n) is 4.21. The number of aromatic nitrogens is 1. The molecule has 1 heterocycles. The van der Waals surface area contributed by atoms with E-state index in [1.165, 1.54) is 18.3 Å². The Morgan fingerprint density at radius 3 is 2.75 bits per heavy atom. The van der Waals surface area contributed by atoms with Crippen LogP contribution in [0.2, 0.25) is 5.02 Å². The van der Waals surface area contributed by atoms with Gasteiger partial charge in [-0.15, -0.1) is 0 Å². The van der Waals surface area contributed by atoms with E-state index in [1.54, 1.807) is 6.07 Å². The van der Waals surface area contributed by atoms with Crippen LogP contribution in [0.3, 0.4) is 0 Å². The topological polar surface area (TPSA) is 48.1 Å². The highest BCUT2D eigenvalue weighted by Crippen LogP contribution is 2.36. The van der Waals surface area contributed by atoms with E-state index >= 15 is 0 Å². The Balaban J connectivity index is 2.15. The molecule has 0 unspecified atom stereocenters. The van der Waals surface area contributed by atoms with Crippen LogP contribution < -0.4 is 10.5 Å². The summed E-state index contributed by atoms with van der Waals surface area (Å²) in [6.07, 6.45) is 1.49. The first-order valence-corrected chi connectivity index (χ1v) is 6.29. The van der Waals surface area contributed by atoms with Crippen molar-refractivity contribution >= 4 is 28.2 Å². The molecule has 3 nitrogen and oxygen atoms in total. The minimum atomic E-state index is -0.616. The fourth-order valence-corrected chi connectivity index (χ4v) is 2.08. The second kappa shape index (κ2) is 4.98. The highest BCUT2D eigenvalue weighted by atomic mass is 35.5. The molecule has 2 aromatic carbocycles. The molecule has 1 aromatic heterocycles. The zero-order valence-corrected chi connectivity index (χ0v) is 11.1. The third-order valence-electron chi connectivity index (χ3n) is 2.88. The van der Waals surface area contributed by atoms with E-state index in [-0.39, 0.29) is 10.8 Å². The van der Waals surface area contributed by atoms with Gasteiger partial charge < -0.3 is 10.5 Å². The van der Waals surface area contributed by atoms with Gasteiger partial charge in [-0.2, -0.15) is 0 Å². The molecule has 0 atom stereocenters. The highest BCUT2D eigenvalue weighted by Gasteiger charge is 2.13. The summed E-state index contributed by atoms with van der Waals surface area (Å²) in [5, 5.41) is 0.714. The van der Waals surface area contributed by atoms with Crippen LogP contribution in [0.15, 0.2) is 48.7 Å². The van der Waals surface area contributed by atoms with Gasteiger partial charge in [-0.1, -0.05) is 29.8 Å². The SMILES string of the molecule is Nc1cnc2ccccc2c1Oc1cccc(Cl)c1F. The van der Waals surface area contributed by atoms with Gasteiger partial charge in [0.15, 0.2) is 17.3 Å². The smallest absolute Gasteiger partial charge is 0.184 e. The van der Waals surface area contributed by atoms with Crippen molar-refractivity contribution in [3.63, 3.8) is 0 Å². The lowest BCUT2D eigenvalue weighted by Gasteiger charge is -2.12. The number of ether oxygens (including phenoxy) is 1. The molecular formula is C15H10ClFN2O. The molecule has 20 heavy (non-hydrogen) atoms. The summed E-state index contributed by atoms with van der Waals surface area (Å²) in [6, 6.07) is 11.9. The molecule has 0 bridgehead atoms. The van der Waals surface area contributed by atoms with Gasteiger partial charge in [0, 0.05) is 5.39 Å². The van der Waals surface area contributed by atoms with E-state index in [0.717, 1.165) is 5.52 Å². The number of hydrogen-bond donors (Lipinski definition) is 1. The van der Waals surface area contributed by atoms with Crippen LogP contribution in [-0.2, 0) is 0 Å². The third-order valence-corrected chi connectivity index (χ3v) is 3.17. The summed E-state index contributed by atoms with van der Waals surface area (Å²) in [5.41, 5.74) is 6.94. The van der Waals surface area contributed by atoms with Crippen molar-refractivity contribution in [1.82, 2.24) is 4.98 Å². The molecule has 0 saturated heterocycles. The van der Waals surface area contributed by atoms with E-state index < -0.39 is 5.82 Å². The summed E-state index contributed by atoms with van der Waals surface area (Å²) in [5.74, 6) is -0.216. The van der Waals surface area contributed by atoms with Crippen molar-refractivity contribution in [1.29, 1.82) is 0 Å². The summed E-state index contributed by atoms with van der Waals surface area (Å²) in [7, 11) is 0. The maximum atomic E-state index is 13.9. The molecule has 3 rings (SSSR count). The molecule has 0 saturated carbocycles. The molecule has 5 heteroatoms. The molecule has 0 aliphatic rings. The number of benzene rings is 2. The number of halogens is 2. The Bertz CT molecular complexity index is 792. The van der Waals surface area contributed by atoms with Gasteiger partial charge in [0.2, 0.25) is 0 Å². The number of nitrogens with zero attached hydrogens (tertiary/aromatic N) is 1. The molecule has 0 amide bonds. The fraction of sp³-hybridized carbons (Fsp3) is 0.